The zero-order valence-electron chi connectivity index (χ0n) is 16.1. The van der Waals surface area contributed by atoms with Crippen LogP contribution < -0.4 is 0 Å². The van der Waals surface area contributed by atoms with Crippen molar-refractivity contribution in [2.24, 2.45) is 28.6 Å². The summed E-state index contributed by atoms with van der Waals surface area (Å²) >= 11 is 0. The van der Waals surface area contributed by atoms with Gasteiger partial charge in [0.25, 0.3) is 0 Å². The molecule has 0 saturated heterocycles. The molecule has 4 rings (SSSR count). The van der Waals surface area contributed by atoms with E-state index in [1.54, 1.807) is 0 Å². The van der Waals surface area contributed by atoms with Crippen molar-refractivity contribution in [1.82, 2.24) is 0 Å². The molecule has 25 heavy (non-hydrogen) atoms. The molecule has 0 aromatic carbocycles. The van der Waals surface area contributed by atoms with E-state index in [2.05, 4.69) is 19.9 Å². The SMILES string of the molecule is CCC(=O)O[C@@H]1CC[C@H]2[C@@H]3CC=C4C[C@@H](O)CC[C@]4(C)[C@H]3CC[C@]12C. The van der Waals surface area contributed by atoms with Crippen molar-refractivity contribution in [1.29, 1.82) is 0 Å². The fourth-order valence-corrected chi connectivity index (χ4v) is 7.03. The Balaban J connectivity index is 1.59. The monoisotopic (exact) mass is 346 g/mol. The number of ether oxygens (including phenoxy) is 1. The lowest BCUT2D eigenvalue weighted by Crippen LogP contribution is -2.51. The van der Waals surface area contributed by atoms with Crippen LogP contribution in [0.5, 0.6) is 0 Å². The molecule has 3 fully saturated rings. The number of carbonyl (C=O) groups excluding carboxylic acids is 1. The lowest BCUT2D eigenvalue weighted by Gasteiger charge is -2.57. The molecule has 4 aliphatic rings. The maximum Gasteiger partial charge on any atom is 0.305 e. The lowest BCUT2D eigenvalue weighted by molar-refractivity contribution is -0.159. The van der Waals surface area contributed by atoms with Crippen LogP contribution in [0.3, 0.4) is 0 Å². The zero-order chi connectivity index (χ0) is 17.8. The van der Waals surface area contributed by atoms with Gasteiger partial charge in [-0.05, 0) is 74.5 Å². The summed E-state index contributed by atoms with van der Waals surface area (Å²) in [4.78, 5) is 11.9. The summed E-state index contributed by atoms with van der Waals surface area (Å²) < 4.78 is 5.87. The largest absolute Gasteiger partial charge is 0.462 e. The Morgan fingerprint density at radius 2 is 2.00 bits per heavy atom. The number of hydrogen-bond acceptors (Lipinski definition) is 3. The van der Waals surface area contributed by atoms with Gasteiger partial charge in [-0.3, -0.25) is 4.79 Å². The van der Waals surface area contributed by atoms with E-state index in [-0.39, 0.29) is 23.6 Å². The van der Waals surface area contributed by atoms with Gasteiger partial charge in [0.05, 0.1) is 6.10 Å². The third kappa shape index (κ3) is 2.60. The van der Waals surface area contributed by atoms with Gasteiger partial charge >= 0.3 is 5.97 Å². The maximum atomic E-state index is 11.9. The first kappa shape index (κ1) is 17.6. The minimum Gasteiger partial charge on any atom is -0.462 e. The topological polar surface area (TPSA) is 46.5 Å². The quantitative estimate of drug-likeness (QED) is 0.585. The Hall–Kier alpha value is -0.830. The Labute approximate surface area is 152 Å². The van der Waals surface area contributed by atoms with Crippen molar-refractivity contribution in [2.75, 3.05) is 0 Å². The van der Waals surface area contributed by atoms with Crippen LogP contribution in [-0.2, 0) is 9.53 Å². The molecule has 0 heterocycles. The maximum absolute atomic E-state index is 11.9. The highest BCUT2D eigenvalue weighted by Gasteiger charge is 2.59. The standard InChI is InChI=1S/C22H34O3/c1-4-20(24)25-19-8-7-17-16-6-5-14-13-15(23)9-11-21(14,2)18(16)10-12-22(17,19)3/h5,15-19,23H,4,6-13H2,1-3H3/t15-,16-,17-,18-,19+,21-,22-/m0/s1. The van der Waals surface area contributed by atoms with Crippen LogP contribution in [-0.4, -0.2) is 23.3 Å². The van der Waals surface area contributed by atoms with E-state index in [0.29, 0.717) is 17.8 Å². The average Bonchev–Trinajstić information content (AvgIpc) is 2.92. The highest BCUT2D eigenvalue weighted by atomic mass is 16.5. The Morgan fingerprint density at radius 3 is 2.76 bits per heavy atom. The smallest absolute Gasteiger partial charge is 0.305 e. The molecule has 0 aliphatic heterocycles. The summed E-state index contributed by atoms with van der Waals surface area (Å²) in [6.07, 6.45) is 11.8. The molecular formula is C22H34O3. The third-order valence-electron chi connectivity index (χ3n) is 8.55. The average molecular weight is 347 g/mol. The van der Waals surface area contributed by atoms with Crippen LogP contribution in [0.4, 0.5) is 0 Å². The van der Waals surface area contributed by atoms with E-state index in [4.69, 9.17) is 4.74 Å². The van der Waals surface area contributed by atoms with Gasteiger partial charge in [0.1, 0.15) is 6.10 Å². The van der Waals surface area contributed by atoms with Crippen molar-refractivity contribution in [3.8, 4) is 0 Å². The van der Waals surface area contributed by atoms with E-state index in [1.807, 2.05) is 6.92 Å². The number of esters is 1. The van der Waals surface area contributed by atoms with Gasteiger partial charge in [-0.2, -0.15) is 0 Å². The number of allylic oxidation sites excluding steroid dienone is 1. The predicted molar refractivity (Wildman–Crippen MR) is 97.9 cm³/mol. The Morgan fingerprint density at radius 1 is 1.20 bits per heavy atom. The summed E-state index contributed by atoms with van der Waals surface area (Å²) in [6, 6.07) is 0. The van der Waals surface area contributed by atoms with Gasteiger partial charge in [0.15, 0.2) is 0 Å². The third-order valence-corrected chi connectivity index (χ3v) is 8.55. The molecule has 0 radical (unpaired) electrons. The molecule has 0 spiro atoms. The molecule has 3 nitrogen and oxygen atoms in total. The number of fused-ring (bicyclic) bond motifs is 5. The molecule has 0 unspecified atom stereocenters. The Kier molecular flexibility index (Phi) is 4.30. The highest BCUT2D eigenvalue weighted by Crippen LogP contribution is 2.65. The van der Waals surface area contributed by atoms with Crippen LogP contribution in [0, 0.1) is 28.6 Å². The molecule has 0 bridgehead atoms. The molecule has 3 heteroatoms. The lowest BCUT2D eigenvalue weighted by atomic mass is 9.48. The molecule has 3 saturated carbocycles. The van der Waals surface area contributed by atoms with Crippen LogP contribution in [0.25, 0.3) is 0 Å². The number of rotatable bonds is 2. The van der Waals surface area contributed by atoms with Gasteiger partial charge in [-0.1, -0.05) is 32.4 Å². The van der Waals surface area contributed by atoms with E-state index < -0.39 is 0 Å². The second kappa shape index (κ2) is 6.11. The van der Waals surface area contributed by atoms with E-state index >= 15 is 0 Å². The number of hydrogen-bond donors (Lipinski definition) is 1. The van der Waals surface area contributed by atoms with Gasteiger partial charge in [0, 0.05) is 11.8 Å². The second-order valence-electron chi connectivity index (χ2n) is 9.61. The van der Waals surface area contributed by atoms with Crippen molar-refractivity contribution in [2.45, 2.75) is 90.8 Å². The van der Waals surface area contributed by atoms with Crippen molar-refractivity contribution < 1.29 is 14.6 Å². The fourth-order valence-electron chi connectivity index (χ4n) is 7.03. The molecule has 4 aliphatic carbocycles. The normalized spacial score (nSPS) is 48.8. The first-order chi connectivity index (χ1) is 11.9. The van der Waals surface area contributed by atoms with Crippen molar-refractivity contribution >= 4 is 5.97 Å². The predicted octanol–water partition coefficient (Wildman–Crippen LogP) is 4.63. The molecule has 0 aromatic heterocycles. The highest BCUT2D eigenvalue weighted by molar-refractivity contribution is 5.69. The molecule has 0 amide bonds. The van der Waals surface area contributed by atoms with E-state index in [1.165, 1.54) is 24.8 Å². The van der Waals surface area contributed by atoms with Crippen LogP contribution in [0.2, 0.25) is 0 Å². The van der Waals surface area contributed by atoms with Gasteiger partial charge in [0.2, 0.25) is 0 Å². The molecule has 1 N–H and O–H groups in total. The molecule has 0 aromatic rings. The van der Waals surface area contributed by atoms with Gasteiger partial charge in [-0.15, -0.1) is 0 Å². The van der Waals surface area contributed by atoms with Gasteiger partial charge in [-0.25, -0.2) is 0 Å². The minimum atomic E-state index is -0.131. The number of carbonyl (C=O) groups is 1. The van der Waals surface area contributed by atoms with Crippen LogP contribution in [0.15, 0.2) is 11.6 Å². The number of aliphatic hydroxyl groups is 1. The summed E-state index contributed by atoms with van der Waals surface area (Å²) in [5, 5.41) is 10.1. The van der Waals surface area contributed by atoms with E-state index in [9.17, 15) is 9.90 Å². The summed E-state index contributed by atoms with van der Waals surface area (Å²) in [5.41, 5.74) is 1.99. The molecular weight excluding hydrogens is 312 g/mol. The van der Waals surface area contributed by atoms with Crippen molar-refractivity contribution in [3.05, 3.63) is 11.6 Å². The number of aliphatic hydroxyl groups excluding tert-OH is 1. The first-order valence-electron chi connectivity index (χ1n) is 10.5. The van der Waals surface area contributed by atoms with E-state index in [0.717, 1.165) is 43.9 Å². The summed E-state index contributed by atoms with van der Waals surface area (Å²) in [5.74, 6) is 2.13. The molecule has 7 atom stereocenters. The Bertz CT molecular complexity index is 582. The zero-order valence-corrected chi connectivity index (χ0v) is 16.1. The molecule has 140 valence electrons. The van der Waals surface area contributed by atoms with Crippen LogP contribution >= 0.6 is 0 Å². The first-order valence-corrected chi connectivity index (χ1v) is 10.5. The van der Waals surface area contributed by atoms with Crippen molar-refractivity contribution in [3.63, 3.8) is 0 Å². The van der Waals surface area contributed by atoms with Gasteiger partial charge < -0.3 is 9.84 Å². The minimum absolute atomic E-state index is 0.0342. The van der Waals surface area contributed by atoms with Crippen LogP contribution in [0.1, 0.15) is 78.6 Å². The summed E-state index contributed by atoms with van der Waals surface area (Å²) in [7, 11) is 0. The summed E-state index contributed by atoms with van der Waals surface area (Å²) in [6.45, 7) is 6.74. The fraction of sp³-hybridized carbons (Fsp3) is 0.864. The second-order valence-corrected chi connectivity index (χ2v) is 9.61.